The second-order valence-corrected chi connectivity index (χ2v) is 8.65. The number of nitrogens with one attached hydrogen (secondary N) is 1. The minimum absolute atomic E-state index is 0.290. The van der Waals surface area contributed by atoms with E-state index < -0.39 is 0 Å². The molecule has 1 aliphatic heterocycles. The van der Waals surface area contributed by atoms with E-state index in [9.17, 15) is 10.1 Å². The maximum atomic E-state index is 12.7. The lowest BCUT2D eigenvalue weighted by Gasteiger charge is -2.26. The van der Waals surface area contributed by atoms with Gasteiger partial charge < -0.3 is 15.0 Å². The van der Waals surface area contributed by atoms with Crippen molar-refractivity contribution in [2.45, 2.75) is 19.5 Å². The third-order valence-electron chi connectivity index (χ3n) is 4.71. The molecule has 0 saturated heterocycles. The molecule has 1 amide bonds. The van der Waals surface area contributed by atoms with Crippen molar-refractivity contribution in [2.24, 2.45) is 0 Å². The molecule has 1 N–H and O–H groups in total. The quantitative estimate of drug-likeness (QED) is 0.569. The van der Waals surface area contributed by atoms with E-state index >= 15 is 0 Å². The highest BCUT2D eigenvalue weighted by molar-refractivity contribution is 9.10. The molecular weight excluding hydrogens is 470 g/mol. The van der Waals surface area contributed by atoms with Crippen molar-refractivity contribution >= 4 is 44.1 Å². The Kier molecular flexibility index (Phi) is 6.08. The number of anilines is 2. The fourth-order valence-corrected chi connectivity index (χ4v) is 4.63. The molecule has 0 atom stereocenters. The molecule has 0 fully saturated rings. The smallest absolute Gasteiger partial charge is 0.259 e. The lowest BCUT2D eigenvalue weighted by atomic mass is 10.0. The molecule has 4 rings (SSSR count). The lowest BCUT2D eigenvalue weighted by molar-refractivity contribution is 0.102. The molecule has 0 aliphatic carbocycles. The predicted octanol–water partition coefficient (Wildman–Crippen LogP) is 2.83. The third-order valence-corrected chi connectivity index (χ3v) is 6.25. The van der Waals surface area contributed by atoms with Gasteiger partial charge in [0.25, 0.3) is 5.91 Å². The molecule has 3 aromatic heterocycles. The van der Waals surface area contributed by atoms with Gasteiger partial charge in [-0.25, -0.2) is 9.97 Å². The number of hydrogen-bond donors (Lipinski definition) is 1. The van der Waals surface area contributed by atoms with Crippen LogP contribution in [0.1, 0.15) is 26.4 Å². The number of methoxy groups -OCH3 is 1. The van der Waals surface area contributed by atoms with Crippen molar-refractivity contribution in [3.63, 3.8) is 0 Å². The monoisotopic (exact) mass is 487 g/mol. The number of aromatic nitrogens is 4. The van der Waals surface area contributed by atoms with Gasteiger partial charge in [0.1, 0.15) is 11.1 Å². The molecule has 30 heavy (non-hydrogen) atoms. The Labute approximate surface area is 185 Å². The first-order valence-electron chi connectivity index (χ1n) is 9.19. The molecule has 154 valence electrons. The van der Waals surface area contributed by atoms with Crippen LogP contribution >= 0.6 is 27.3 Å². The molecule has 1 aliphatic rings. The SMILES string of the molecule is COCCn1cc(C(=O)Nc2sc3c(c2C#N)CCN(c2ncc(Br)cn2)C3)cn1. The number of fused-ring (bicyclic) bond motifs is 1. The van der Waals surface area contributed by atoms with Crippen LogP contribution in [0.2, 0.25) is 0 Å². The number of ether oxygens (including phenoxy) is 1. The molecule has 0 bridgehead atoms. The van der Waals surface area contributed by atoms with Crippen LogP contribution in [-0.4, -0.2) is 45.9 Å². The van der Waals surface area contributed by atoms with Gasteiger partial charge in [-0.15, -0.1) is 11.3 Å². The van der Waals surface area contributed by atoms with E-state index in [1.54, 1.807) is 30.4 Å². The number of rotatable bonds is 6. The number of nitriles is 1. The van der Waals surface area contributed by atoms with Crippen LogP contribution in [0, 0.1) is 11.3 Å². The Morgan fingerprint density at radius 1 is 1.40 bits per heavy atom. The summed E-state index contributed by atoms with van der Waals surface area (Å²) < 4.78 is 7.50. The van der Waals surface area contributed by atoms with Gasteiger partial charge in [-0.3, -0.25) is 9.48 Å². The molecule has 4 heterocycles. The number of amides is 1. The van der Waals surface area contributed by atoms with Gasteiger partial charge in [-0.1, -0.05) is 0 Å². The summed E-state index contributed by atoms with van der Waals surface area (Å²) in [6.45, 7) is 2.38. The van der Waals surface area contributed by atoms with Crippen LogP contribution in [0.3, 0.4) is 0 Å². The number of carbonyl (C=O) groups excluding carboxylic acids is 1. The second-order valence-electron chi connectivity index (χ2n) is 6.63. The van der Waals surface area contributed by atoms with E-state index in [1.165, 1.54) is 17.5 Å². The van der Waals surface area contributed by atoms with Crippen LogP contribution in [0.4, 0.5) is 10.9 Å². The summed E-state index contributed by atoms with van der Waals surface area (Å²) in [6.07, 6.45) is 7.30. The fourth-order valence-electron chi connectivity index (χ4n) is 3.21. The minimum atomic E-state index is -0.290. The van der Waals surface area contributed by atoms with Crippen LogP contribution in [-0.2, 0) is 24.2 Å². The molecule has 0 aromatic carbocycles. The molecule has 0 saturated carbocycles. The first-order valence-corrected chi connectivity index (χ1v) is 10.8. The molecular formula is C19H18BrN7O2S. The molecule has 0 unspecified atom stereocenters. The van der Waals surface area contributed by atoms with Gasteiger partial charge in [0.05, 0.1) is 41.5 Å². The highest BCUT2D eigenvalue weighted by Crippen LogP contribution is 2.37. The Bertz CT molecular complexity index is 1100. The highest BCUT2D eigenvalue weighted by atomic mass is 79.9. The maximum Gasteiger partial charge on any atom is 0.259 e. The van der Waals surface area contributed by atoms with Crippen molar-refractivity contribution in [1.82, 2.24) is 19.7 Å². The van der Waals surface area contributed by atoms with Crippen molar-refractivity contribution in [1.29, 1.82) is 5.26 Å². The Hall–Kier alpha value is -2.81. The summed E-state index contributed by atoms with van der Waals surface area (Å²) in [5.74, 6) is 0.353. The Morgan fingerprint density at radius 2 is 2.20 bits per heavy atom. The normalized spacial score (nSPS) is 13.0. The summed E-state index contributed by atoms with van der Waals surface area (Å²) in [5, 5.41) is 17.3. The van der Waals surface area contributed by atoms with Crippen LogP contribution < -0.4 is 10.2 Å². The average Bonchev–Trinajstić information content (AvgIpc) is 3.36. The predicted molar refractivity (Wildman–Crippen MR) is 116 cm³/mol. The van der Waals surface area contributed by atoms with Gasteiger partial charge in [-0.2, -0.15) is 10.4 Å². The first kappa shape index (κ1) is 20.5. The van der Waals surface area contributed by atoms with Gasteiger partial charge >= 0.3 is 0 Å². The lowest BCUT2D eigenvalue weighted by Crippen LogP contribution is -2.31. The van der Waals surface area contributed by atoms with Crippen molar-refractivity contribution in [3.8, 4) is 6.07 Å². The Morgan fingerprint density at radius 3 is 2.93 bits per heavy atom. The fraction of sp³-hybridized carbons (Fsp3) is 0.316. The number of thiophene rings is 1. The van der Waals surface area contributed by atoms with E-state index in [0.717, 1.165) is 14.9 Å². The maximum absolute atomic E-state index is 12.7. The van der Waals surface area contributed by atoms with Crippen molar-refractivity contribution < 1.29 is 9.53 Å². The summed E-state index contributed by atoms with van der Waals surface area (Å²) >= 11 is 4.77. The molecule has 0 radical (unpaired) electrons. The second kappa shape index (κ2) is 8.91. The van der Waals surface area contributed by atoms with E-state index in [2.05, 4.69) is 47.3 Å². The highest BCUT2D eigenvalue weighted by Gasteiger charge is 2.26. The summed E-state index contributed by atoms with van der Waals surface area (Å²) in [4.78, 5) is 24.5. The number of carbonyl (C=O) groups is 1. The van der Waals surface area contributed by atoms with E-state index in [-0.39, 0.29) is 5.91 Å². The van der Waals surface area contributed by atoms with Crippen LogP contribution in [0.5, 0.6) is 0 Å². The number of nitrogens with zero attached hydrogens (tertiary/aromatic N) is 6. The molecule has 9 nitrogen and oxygen atoms in total. The van der Waals surface area contributed by atoms with Gasteiger partial charge in [0.15, 0.2) is 0 Å². The molecule has 3 aromatic rings. The third kappa shape index (κ3) is 4.21. The largest absolute Gasteiger partial charge is 0.383 e. The van der Waals surface area contributed by atoms with Gasteiger partial charge in [0.2, 0.25) is 5.95 Å². The summed E-state index contributed by atoms with van der Waals surface area (Å²) in [7, 11) is 1.61. The standard InChI is InChI=1S/C19H18BrN7O2S/c1-29-5-4-27-10-12(7-24-27)17(28)25-18-15(6-21)14-2-3-26(11-16(14)30-18)19-22-8-13(20)9-23-19/h7-10H,2-5,11H2,1H3,(H,25,28). The number of hydrogen-bond acceptors (Lipinski definition) is 8. The summed E-state index contributed by atoms with van der Waals surface area (Å²) in [5.41, 5.74) is 1.96. The number of halogens is 1. The zero-order chi connectivity index (χ0) is 21.1. The zero-order valence-corrected chi connectivity index (χ0v) is 18.5. The van der Waals surface area contributed by atoms with Crippen LogP contribution in [0.15, 0.2) is 29.3 Å². The van der Waals surface area contributed by atoms with E-state index in [0.29, 0.717) is 54.7 Å². The summed E-state index contributed by atoms with van der Waals surface area (Å²) in [6, 6.07) is 2.26. The van der Waals surface area contributed by atoms with Crippen LogP contribution in [0.25, 0.3) is 0 Å². The topological polar surface area (TPSA) is 109 Å². The van der Waals surface area contributed by atoms with E-state index in [4.69, 9.17) is 4.74 Å². The van der Waals surface area contributed by atoms with Gasteiger partial charge in [-0.05, 0) is 27.9 Å². The Balaban J connectivity index is 1.52. The zero-order valence-electron chi connectivity index (χ0n) is 16.1. The van der Waals surface area contributed by atoms with Crippen molar-refractivity contribution in [2.75, 3.05) is 30.5 Å². The minimum Gasteiger partial charge on any atom is -0.383 e. The first-order chi connectivity index (χ1) is 14.6. The molecule has 11 heteroatoms. The van der Waals surface area contributed by atoms with E-state index in [1.807, 2.05) is 0 Å². The molecule has 0 spiro atoms. The van der Waals surface area contributed by atoms with Crippen molar-refractivity contribution in [3.05, 3.63) is 50.8 Å². The van der Waals surface area contributed by atoms with Gasteiger partial charge in [0, 0.05) is 37.1 Å². The average molecular weight is 488 g/mol.